The number of esters is 1. The Balaban J connectivity index is 2.81. The van der Waals surface area contributed by atoms with Crippen LogP contribution in [0.15, 0.2) is 0 Å². The van der Waals surface area contributed by atoms with E-state index in [2.05, 4.69) is 89.3 Å². The van der Waals surface area contributed by atoms with Gasteiger partial charge in [0.15, 0.2) is 0 Å². The van der Waals surface area contributed by atoms with Gasteiger partial charge in [-0.3, -0.25) is 4.79 Å². The molecular weight excluding hydrogens is 510 g/mol. The normalized spacial score (nSPS) is 35.2. The van der Waals surface area contributed by atoms with E-state index in [1.54, 1.807) is 0 Å². The minimum atomic E-state index is -0.199. The van der Waals surface area contributed by atoms with E-state index in [1.807, 2.05) is 0 Å². The van der Waals surface area contributed by atoms with Crippen molar-refractivity contribution < 1.29 is 9.53 Å². The van der Waals surface area contributed by atoms with Crippen LogP contribution in [-0.2, 0) is 9.53 Å². The second kappa shape index (κ2) is 9.03. The number of hydrogen-bond donors (Lipinski definition) is 0. The molecule has 0 spiro atoms. The standard InChI is InChI=1S/C18H29B2Br3O2/c1-17(2,3)7-10(18(4,5)6)16(24)25-8-9-13(21)11(19)12(20)15(23)14(9)22/h9-15H,7-8H2,1-6H3. The molecule has 1 aliphatic rings. The van der Waals surface area contributed by atoms with E-state index in [-0.39, 0.29) is 54.8 Å². The van der Waals surface area contributed by atoms with Crippen molar-refractivity contribution >= 4 is 69.5 Å². The van der Waals surface area contributed by atoms with Crippen LogP contribution in [0.1, 0.15) is 48.0 Å². The van der Waals surface area contributed by atoms with Crippen molar-refractivity contribution in [2.45, 2.75) is 74.1 Å². The van der Waals surface area contributed by atoms with Crippen molar-refractivity contribution in [2.75, 3.05) is 6.61 Å². The number of ether oxygens (including phenoxy) is 1. The van der Waals surface area contributed by atoms with Gasteiger partial charge in [-0.1, -0.05) is 101 Å². The Hall–Kier alpha value is 1.04. The molecule has 1 rings (SSSR count). The van der Waals surface area contributed by atoms with Gasteiger partial charge in [0, 0.05) is 20.4 Å². The molecule has 0 heterocycles. The molecule has 1 aliphatic carbocycles. The van der Waals surface area contributed by atoms with E-state index in [1.165, 1.54) is 0 Å². The molecule has 0 amide bonds. The van der Waals surface area contributed by atoms with Crippen LogP contribution < -0.4 is 0 Å². The van der Waals surface area contributed by atoms with Gasteiger partial charge >= 0.3 is 5.97 Å². The molecule has 1 fully saturated rings. The maximum Gasteiger partial charge on any atom is 0.309 e. The van der Waals surface area contributed by atoms with Crippen molar-refractivity contribution in [1.29, 1.82) is 0 Å². The summed E-state index contributed by atoms with van der Waals surface area (Å²) in [5.41, 5.74) is -0.0803. The smallest absolute Gasteiger partial charge is 0.309 e. The Labute approximate surface area is 181 Å². The molecule has 7 atom stereocenters. The average Bonchev–Trinajstić information content (AvgIpc) is 2.46. The second-order valence-corrected chi connectivity index (χ2v) is 12.6. The Morgan fingerprint density at radius 2 is 1.44 bits per heavy atom. The van der Waals surface area contributed by atoms with E-state index in [0.717, 1.165) is 6.42 Å². The highest BCUT2D eigenvalue weighted by Gasteiger charge is 2.44. The molecule has 0 aromatic heterocycles. The monoisotopic (exact) mass is 536 g/mol. The van der Waals surface area contributed by atoms with E-state index < -0.39 is 0 Å². The Kier molecular flexibility index (Phi) is 8.69. The van der Waals surface area contributed by atoms with Gasteiger partial charge in [-0.15, -0.1) is 0 Å². The predicted octanol–water partition coefficient (Wildman–Crippen LogP) is 5.46. The zero-order valence-electron chi connectivity index (χ0n) is 16.1. The third-order valence-electron chi connectivity index (χ3n) is 4.87. The molecule has 7 heteroatoms. The molecule has 0 aromatic carbocycles. The summed E-state index contributed by atoms with van der Waals surface area (Å²) in [6, 6.07) is 0. The summed E-state index contributed by atoms with van der Waals surface area (Å²) in [7, 11) is 12.4. The number of carbonyl (C=O) groups excluding carboxylic acids is 1. The molecule has 0 saturated heterocycles. The maximum atomic E-state index is 12.8. The van der Waals surface area contributed by atoms with E-state index in [9.17, 15) is 4.79 Å². The van der Waals surface area contributed by atoms with Gasteiger partial charge < -0.3 is 4.74 Å². The first-order valence-corrected chi connectivity index (χ1v) is 11.5. The topological polar surface area (TPSA) is 26.3 Å². The van der Waals surface area contributed by atoms with Gasteiger partial charge in [-0.2, -0.15) is 0 Å². The van der Waals surface area contributed by atoms with Crippen LogP contribution in [0.2, 0.25) is 11.6 Å². The fraction of sp³-hybridized carbons (Fsp3) is 0.944. The van der Waals surface area contributed by atoms with Gasteiger partial charge in [0.1, 0.15) is 0 Å². The summed E-state index contributed by atoms with van der Waals surface area (Å²) in [4.78, 5) is 12.9. The molecular formula is C18H29B2Br3O2. The second-order valence-electron chi connectivity index (χ2n) is 9.47. The molecule has 0 aliphatic heterocycles. The van der Waals surface area contributed by atoms with Crippen LogP contribution in [0.4, 0.5) is 0 Å². The summed E-state index contributed by atoms with van der Waals surface area (Å²) in [5.74, 6) is -0.581. The average molecular weight is 539 g/mol. The molecule has 4 radical (unpaired) electrons. The first-order valence-electron chi connectivity index (χ1n) is 8.77. The highest BCUT2D eigenvalue weighted by molar-refractivity contribution is 9.12. The van der Waals surface area contributed by atoms with Crippen LogP contribution >= 0.6 is 47.8 Å². The molecule has 1 saturated carbocycles. The first kappa shape index (κ1) is 24.1. The lowest BCUT2D eigenvalue weighted by Crippen LogP contribution is -2.46. The van der Waals surface area contributed by atoms with Crippen LogP contribution in [0.5, 0.6) is 0 Å². The predicted molar refractivity (Wildman–Crippen MR) is 119 cm³/mol. The number of hydrogen-bond acceptors (Lipinski definition) is 2. The van der Waals surface area contributed by atoms with Gasteiger partial charge in [-0.25, -0.2) is 0 Å². The molecule has 0 bridgehead atoms. The van der Waals surface area contributed by atoms with Gasteiger partial charge in [0.25, 0.3) is 0 Å². The summed E-state index contributed by atoms with van der Waals surface area (Å²) in [5, 5.41) is 0. The fourth-order valence-corrected chi connectivity index (χ4v) is 5.97. The lowest BCUT2D eigenvalue weighted by Gasteiger charge is -2.44. The third kappa shape index (κ3) is 6.55. The van der Waals surface area contributed by atoms with Crippen molar-refractivity contribution in [3.05, 3.63) is 0 Å². The van der Waals surface area contributed by atoms with Gasteiger partial charge in [-0.05, 0) is 17.3 Å². The van der Waals surface area contributed by atoms with Crippen LogP contribution in [0.25, 0.3) is 0 Å². The van der Waals surface area contributed by atoms with E-state index in [0.29, 0.717) is 6.61 Å². The minimum Gasteiger partial charge on any atom is -0.465 e. The van der Waals surface area contributed by atoms with Crippen LogP contribution in [0.3, 0.4) is 0 Å². The Morgan fingerprint density at radius 1 is 0.960 bits per heavy atom. The van der Waals surface area contributed by atoms with Crippen molar-refractivity contribution in [3.8, 4) is 0 Å². The summed E-state index contributed by atoms with van der Waals surface area (Å²) in [6.45, 7) is 13.1. The van der Waals surface area contributed by atoms with Crippen molar-refractivity contribution in [1.82, 2.24) is 0 Å². The largest absolute Gasteiger partial charge is 0.465 e. The quantitative estimate of drug-likeness (QED) is 0.270. The summed E-state index contributed by atoms with van der Waals surface area (Å²) < 4.78 is 5.77. The number of carbonyl (C=O) groups is 1. The van der Waals surface area contributed by atoms with Gasteiger partial charge in [0.05, 0.1) is 28.2 Å². The maximum absolute atomic E-state index is 12.8. The summed E-state index contributed by atoms with van der Waals surface area (Å²) in [6.07, 6.45) is 0.793. The molecule has 2 nitrogen and oxygen atoms in total. The zero-order chi connectivity index (χ0) is 19.7. The molecule has 0 N–H and O–H groups in total. The van der Waals surface area contributed by atoms with Crippen molar-refractivity contribution in [2.24, 2.45) is 22.7 Å². The lowest BCUT2D eigenvalue weighted by atomic mass is 9.57. The fourth-order valence-electron chi connectivity index (χ4n) is 3.15. The zero-order valence-corrected chi connectivity index (χ0v) is 20.8. The van der Waals surface area contributed by atoms with Crippen LogP contribution in [-0.4, -0.2) is 42.8 Å². The first-order chi connectivity index (χ1) is 11.2. The lowest BCUT2D eigenvalue weighted by molar-refractivity contribution is -0.155. The number of rotatable bonds is 4. The Bertz CT molecular complexity index is 446. The molecule has 7 unspecified atom stereocenters. The number of halogens is 3. The SMILES string of the molecule is [B]C1C([B])C(Br)C(COC(=O)C(CC(C)(C)C)C(C)(C)C)C(Br)C1Br. The Morgan fingerprint density at radius 3 is 1.88 bits per heavy atom. The van der Waals surface area contributed by atoms with E-state index >= 15 is 0 Å². The number of alkyl halides is 3. The van der Waals surface area contributed by atoms with Crippen molar-refractivity contribution in [3.63, 3.8) is 0 Å². The molecule has 140 valence electrons. The minimum absolute atomic E-state index is 0.0100. The summed E-state index contributed by atoms with van der Waals surface area (Å²) >= 11 is 11.0. The molecule has 25 heavy (non-hydrogen) atoms. The highest BCUT2D eigenvalue weighted by atomic mass is 79.9. The van der Waals surface area contributed by atoms with Crippen LogP contribution in [0, 0.1) is 22.7 Å². The molecule has 0 aromatic rings. The van der Waals surface area contributed by atoms with Gasteiger partial charge in [0.2, 0.25) is 0 Å². The third-order valence-corrected chi connectivity index (χ3v) is 9.29. The van der Waals surface area contributed by atoms with E-state index in [4.69, 9.17) is 20.4 Å². The highest BCUT2D eigenvalue weighted by Crippen LogP contribution is 2.49.